The highest BCUT2D eigenvalue weighted by Crippen LogP contribution is 2.40. The molecule has 0 aliphatic carbocycles. The molecular weight excluding hydrogens is 426 g/mol. The van der Waals surface area contributed by atoms with Crippen LogP contribution in [0.1, 0.15) is 31.9 Å². The first-order chi connectivity index (χ1) is 13.9. The Labute approximate surface area is 176 Å². The van der Waals surface area contributed by atoms with Gasteiger partial charge < -0.3 is 4.90 Å². The molecule has 0 aromatic heterocycles. The monoisotopic (exact) mass is 449 g/mol. The number of hydrogen-bond acceptors (Lipinski definition) is 5. The van der Waals surface area contributed by atoms with Gasteiger partial charge >= 0.3 is 0 Å². The van der Waals surface area contributed by atoms with Crippen LogP contribution in [0.3, 0.4) is 0 Å². The number of fused-ring (bicyclic) bond motifs is 2. The van der Waals surface area contributed by atoms with Gasteiger partial charge in [0.25, 0.3) is 10.0 Å². The highest BCUT2D eigenvalue weighted by molar-refractivity contribution is 7.93. The lowest BCUT2D eigenvalue weighted by atomic mass is 10.1. The van der Waals surface area contributed by atoms with E-state index < -0.39 is 20.0 Å². The first-order valence-electron chi connectivity index (χ1n) is 9.54. The van der Waals surface area contributed by atoms with Crippen LogP contribution >= 0.6 is 0 Å². The second kappa shape index (κ2) is 6.79. The second-order valence-electron chi connectivity index (χ2n) is 7.92. The van der Waals surface area contributed by atoms with E-state index in [4.69, 9.17) is 5.14 Å². The fourth-order valence-corrected chi connectivity index (χ4v) is 6.79. The number of amides is 1. The number of nitrogens with two attached hydrogens (primary N) is 1. The topological polar surface area (TPSA) is 118 Å². The molecule has 2 N–H and O–H groups in total. The van der Waals surface area contributed by atoms with Crippen molar-refractivity contribution in [2.75, 3.05) is 9.21 Å². The highest BCUT2D eigenvalue weighted by Gasteiger charge is 2.38. The van der Waals surface area contributed by atoms with E-state index in [1.165, 1.54) is 35.5 Å². The molecule has 1 amide bonds. The van der Waals surface area contributed by atoms with Crippen molar-refractivity contribution >= 4 is 37.3 Å². The van der Waals surface area contributed by atoms with Gasteiger partial charge in [-0.15, -0.1) is 0 Å². The minimum atomic E-state index is -3.88. The number of carbonyl (C=O) groups excluding carboxylic acids is 1. The van der Waals surface area contributed by atoms with Crippen LogP contribution in [0.15, 0.2) is 46.2 Å². The fourth-order valence-electron chi connectivity index (χ4n) is 4.48. The highest BCUT2D eigenvalue weighted by atomic mass is 32.2. The SMILES string of the molecule is CC(=O)N1c2ccc(S(=O)(=O)N3c4ccc(S(N)(=O)=O)cc4C[C@@H]3C)cc2C[C@H]1C. The molecule has 4 rings (SSSR count). The molecule has 2 aliphatic rings. The van der Waals surface area contributed by atoms with Crippen LogP contribution in [0.25, 0.3) is 0 Å². The van der Waals surface area contributed by atoms with Crippen LogP contribution < -0.4 is 14.3 Å². The Morgan fingerprint density at radius 3 is 2.07 bits per heavy atom. The predicted molar refractivity (Wildman–Crippen MR) is 113 cm³/mol. The molecule has 0 unspecified atom stereocenters. The summed E-state index contributed by atoms with van der Waals surface area (Å²) in [7, 11) is -7.75. The molecule has 2 atom stereocenters. The lowest BCUT2D eigenvalue weighted by Crippen LogP contribution is -2.35. The van der Waals surface area contributed by atoms with Crippen LogP contribution in [-0.4, -0.2) is 34.8 Å². The van der Waals surface area contributed by atoms with Gasteiger partial charge in [-0.2, -0.15) is 0 Å². The van der Waals surface area contributed by atoms with Crippen LogP contribution in [0.4, 0.5) is 11.4 Å². The zero-order valence-electron chi connectivity index (χ0n) is 16.9. The molecule has 10 heteroatoms. The van der Waals surface area contributed by atoms with Crippen LogP contribution in [0.5, 0.6) is 0 Å². The van der Waals surface area contributed by atoms with Crippen LogP contribution in [-0.2, 0) is 37.7 Å². The zero-order valence-corrected chi connectivity index (χ0v) is 18.5. The number of sulfonamides is 2. The second-order valence-corrected chi connectivity index (χ2v) is 11.3. The summed E-state index contributed by atoms with van der Waals surface area (Å²) >= 11 is 0. The van der Waals surface area contributed by atoms with Crippen molar-refractivity contribution in [3.05, 3.63) is 47.5 Å². The van der Waals surface area contributed by atoms with Crippen molar-refractivity contribution in [3.8, 4) is 0 Å². The van der Waals surface area contributed by atoms with Crippen LogP contribution in [0.2, 0.25) is 0 Å². The number of anilines is 2. The van der Waals surface area contributed by atoms with Crippen molar-refractivity contribution in [1.82, 2.24) is 0 Å². The van der Waals surface area contributed by atoms with Crippen molar-refractivity contribution in [2.24, 2.45) is 5.14 Å². The molecule has 0 fully saturated rings. The van der Waals surface area contributed by atoms with Gasteiger partial charge in [0.15, 0.2) is 0 Å². The van der Waals surface area contributed by atoms with E-state index in [-0.39, 0.29) is 27.8 Å². The molecule has 8 nitrogen and oxygen atoms in total. The molecule has 160 valence electrons. The minimum Gasteiger partial charge on any atom is -0.309 e. The van der Waals surface area contributed by atoms with E-state index in [0.29, 0.717) is 24.1 Å². The summed E-state index contributed by atoms with van der Waals surface area (Å²) in [6, 6.07) is 8.68. The van der Waals surface area contributed by atoms with Crippen molar-refractivity contribution in [3.63, 3.8) is 0 Å². The maximum Gasteiger partial charge on any atom is 0.264 e. The summed E-state index contributed by atoms with van der Waals surface area (Å²) in [5.41, 5.74) is 2.63. The van der Waals surface area contributed by atoms with E-state index in [2.05, 4.69) is 0 Å². The predicted octanol–water partition coefficient (Wildman–Crippen LogP) is 1.77. The minimum absolute atomic E-state index is 0.0291. The van der Waals surface area contributed by atoms with Crippen molar-refractivity contribution in [2.45, 2.75) is 55.5 Å². The van der Waals surface area contributed by atoms with Gasteiger partial charge in [0, 0.05) is 24.7 Å². The average molecular weight is 450 g/mol. The smallest absolute Gasteiger partial charge is 0.264 e. The van der Waals surface area contributed by atoms with E-state index in [9.17, 15) is 21.6 Å². The van der Waals surface area contributed by atoms with Gasteiger partial charge in [-0.3, -0.25) is 9.10 Å². The molecule has 2 aromatic rings. The van der Waals surface area contributed by atoms with E-state index in [1.54, 1.807) is 24.0 Å². The third kappa shape index (κ3) is 3.19. The Morgan fingerprint density at radius 1 is 0.900 bits per heavy atom. The normalized spacial score (nSPS) is 20.9. The number of benzene rings is 2. The largest absolute Gasteiger partial charge is 0.309 e. The maximum atomic E-state index is 13.5. The number of rotatable bonds is 3. The van der Waals surface area contributed by atoms with Gasteiger partial charge in [-0.25, -0.2) is 22.0 Å². The maximum absolute atomic E-state index is 13.5. The summed E-state index contributed by atoms with van der Waals surface area (Å²) in [6.07, 6.45) is 0.972. The zero-order chi connectivity index (χ0) is 22.0. The lowest BCUT2D eigenvalue weighted by Gasteiger charge is -2.25. The van der Waals surface area contributed by atoms with E-state index in [0.717, 1.165) is 11.3 Å². The number of hydrogen-bond donors (Lipinski definition) is 1. The van der Waals surface area contributed by atoms with Gasteiger partial charge in [0.1, 0.15) is 0 Å². The van der Waals surface area contributed by atoms with Gasteiger partial charge in [0.05, 0.1) is 15.5 Å². The quantitative estimate of drug-likeness (QED) is 0.766. The molecule has 2 heterocycles. The fraction of sp³-hybridized carbons (Fsp3) is 0.350. The lowest BCUT2D eigenvalue weighted by molar-refractivity contribution is -0.116. The Hall–Kier alpha value is -2.43. The number of carbonyl (C=O) groups is 1. The molecule has 2 aliphatic heterocycles. The van der Waals surface area contributed by atoms with Crippen LogP contribution in [0, 0.1) is 0 Å². The molecule has 0 spiro atoms. The van der Waals surface area contributed by atoms with Gasteiger partial charge in [-0.05, 0) is 74.2 Å². The third-order valence-corrected chi connectivity index (χ3v) is 8.53. The first kappa shape index (κ1) is 20.8. The van der Waals surface area contributed by atoms with Crippen molar-refractivity contribution < 1.29 is 21.6 Å². The van der Waals surface area contributed by atoms with E-state index in [1.807, 2.05) is 6.92 Å². The summed E-state index contributed by atoms with van der Waals surface area (Å²) in [4.78, 5) is 13.7. The van der Waals surface area contributed by atoms with Crippen molar-refractivity contribution in [1.29, 1.82) is 0 Å². The Bertz CT molecular complexity index is 1270. The molecule has 0 radical (unpaired) electrons. The van der Waals surface area contributed by atoms with E-state index >= 15 is 0 Å². The molecule has 0 saturated carbocycles. The standard InChI is InChI=1S/C20H23N3O5S2/c1-12-8-15-11-18(5-6-19(15)22(12)14(3)24)30(27,28)23-13(2)9-16-10-17(29(21,25)26)4-7-20(16)23/h4-7,10-13H,8-9H2,1-3H3,(H2,21,25,26)/t12-,13+/m1/s1. The summed E-state index contributed by atoms with van der Waals surface area (Å²) in [5.74, 6) is -0.0791. The summed E-state index contributed by atoms with van der Waals surface area (Å²) < 4.78 is 51.6. The third-order valence-electron chi connectivity index (χ3n) is 5.70. The first-order valence-corrected chi connectivity index (χ1v) is 12.5. The Kier molecular flexibility index (Phi) is 4.72. The molecule has 0 bridgehead atoms. The van der Waals surface area contributed by atoms with Gasteiger partial charge in [-0.1, -0.05) is 0 Å². The molecule has 0 saturated heterocycles. The number of nitrogens with zero attached hydrogens (tertiary/aromatic N) is 2. The Morgan fingerprint density at radius 2 is 1.43 bits per heavy atom. The Balaban J connectivity index is 1.76. The average Bonchev–Trinajstić information content (AvgIpc) is 3.14. The molecule has 2 aromatic carbocycles. The van der Waals surface area contributed by atoms with Gasteiger partial charge in [0.2, 0.25) is 15.9 Å². The number of primary sulfonamides is 1. The molecule has 30 heavy (non-hydrogen) atoms. The summed E-state index contributed by atoms with van der Waals surface area (Å²) in [5, 5.41) is 5.21. The molecular formula is C20H23N3O5S2. The summed E-state index contributed by atoms with van der Waals surface area (Å²) in [6.45, 7) is 5.20.